The molecule has 0 radical (unpaired) electrons. The van der Waals surface area contributed by atoms with Crippen molar-refractivity contribution in [3.63, 3.8) is 0 Å². The molecule has 0 saturated carbocycles. The highest BCUT2D eigenvalue weighted by atomic mass is 32.1. The van der Waals surface area contributed by atoms with Crippen LogP contribution in [0.2, 0.25) is 0 Å². The second kappa shape index (κ2) is 10.2. The van der Waals surface area contributed by atoms with Gasteiger partial charge in [-0.3, -0.25) is 0 Å². The minimum atomic E-state index is 0.784. The Labute approximate surface area is 157 Å². The van der Waals surface area contributed by atoms with E-state index < -0.39 is 0 Å². The zero-order chi connectivity index (χ0) is 18.1. The van der Waals surface area contributed by atoms with Gasteiger partial charge in [-0.1, -0.05) is 49.4 Å². The molecule has 1 N–H and O–H groups in total. The van der Waals surface area contributed by atoms with E-state index >= 15 is 0 Å². The molecule has 2 aromatic rings. The molecule has 0 saturated heterocycles. The van der Waals surface area contributed by atoms with E-state index in [4.69, 9.17) is 12.2 Å². The number of rotatable bonds is 8. The molecule has 0 aliphatic heterocycles. The third-order valence-corrected chi connectivity index (χ3v) is 4.51. The third-order valence-electron chi connectivity index (χ3n) is 4.15. The van der Waals surface area contributed by atoms with Gasteiger partial charge in [-0.15, -0.1) is 0 Å². The predicted molar refractivity (Wildman–Crippen MR) is 112 cm³/mol. The first-order chi connectivity index (χ1) is 12.1. The highest BCUT2D eigenvalue weighted by molar-refractivity contribution is 7.80. The van der Waals surface area contributed by atoms with Gasteiger partial charge in [-0.05, 0) is 69.0 Å². The van der Waals surface area contributed by atoms with E-state index in [0.717, 1.165) is 43.3 Å². The van der Waals surface area contributed by atoms with Gasteiger partial charge in [0.15, 0.2) is 5.11 Å². The molecule has 3 nitrogen and oxygen atoms in total. The van der Waals surface area contributed by atoms with Crippen LogP contribution in [0.1, 0.15) is 24.5 Å². The second-order valence-corrected chi connectivity index (χ2v) is 6.93. The van der Waals surface area contributed by atoms with Crippen molar-refractivity contribution < 1.29 is 0 Å². The first-order valence-electron chi connectivity index (χ1n) is 8.92. The number of anilines is 1. The first kappa shape index (κ1) is 19.4. The number of hydrogen-bond donors (Lipinski definition) is 1. The molecule has 4 heteroatoms. The van der Waals surface area contributed by atoms with E-state index in [1.807, 2.05) is 6.07 Å². The van der Waals surface area contributed by atoms with Gasteiger partial charge in [0.1, 0.15) is 0 Å². The quantitative estimate of drug-likeness (QED) is 0.707. The van der Waals surface area contributed by atoms with Gasteiger partial charge >= 0.3 is 0 Å². The molecule has 0 bridgehead atoms. The maximum atomic E-state index is 5.70. The summed E-state index contributed by atoms with van der Waals surface area (Å²) in [5.41, 5.74) is 3.66. The molecule has 0 spiro atoms. The highest BCUT2D eigenvalue weighted by Gasteiger charge is 2.11. The van der Waals surface area contributed by atoms with Crippen LogP contribution in [0.3, 0.4) is 0 Å². The molecule has 0 atom stereocenters. The molecule has 25 heavy (non-hydrogen) atoms. The number of aryl methyl sites for hydroxylation is 1. The maximum Gasteiger partial charge on any atom is 0.173 e. The van der Waals surface area contributed by atoms with Gasteiger partial charge in [0, 0.05) is 18.8 Å². The molecule has 0 amide bonds. The third kappa shape index (κ3) is 6.85. The Morgan fingerprint density at radius 2 is 1.60 bits per heavy atom. The monoisotopic (exact) mass is 355 g/mol. The summed E-state index contributed by atoms with van der Waals surface area (Å²) in [4.78, 5) is 4.46. The van der Waals surface area contributed by atoms with Crippen molar-refractivity contribution in [1.82, 2.24) is 9.80 Å². The molecule has 2 aromatic carbocycles. The first-order valence-corrected chi connectivity index (χ1v) is 9.33. The minimum Gasteiger partial charge on any atom is -0.345 e. The SMILES string of the molecule is CCc1ccc(NC(=S)N(CCCN(C)C)Cc2ccccc2)cc1. The van der Waals surface area contributed by atoms with Gasteiger partial charge in [0.05, 0.1) is 0 Å². The number of benzene rings is 2. The summed E-state index contributed by atoms with van der Waals surface area (Å²) >= 11 is 5.70. The van der Waals surface area contributed by atoms with E-state index in [2.05, 4.69) is 84.7 Å². The lowest BCUT2D eigenvalue weighted by Gasteiger charge is -2.27. The van der Waals surface area contributed by atoms with Gasteiger partial charge in [0.2, 0.25) is 0 Å². The number of hydrogen-bond acceptors (Lipinski definition) is 2. The van der Waals surface area contributed by atoms with Crippen LogP contribution in [-0.4, -0.2) is 42.1 Å². The van der Waals surface area contributed by atoms with Crippen molar-refractivity contribution in [1.29, 1.82) is 0 Å². The van der Waals surface area contributed by atoms with E-state index in [1.54, 1.807) is 0 Å². The zero-order valence-electron chi connectivity index (χ0n) is 15.5. The van der Waals surface area contributed by atoms with Crippen LogP contribution in [0.15, 0.2) is 54.6 Å². The fourth-order valence-corrected chi connectivity index (χ4v) is 2.93. The number of nitrogens with one attached hydrogen (secondary N) is 1. The van der Waals surface area contributed by atoms with E-state index in [9.17, 15) is 0 Å². The van der Waals surface area contributed by atoms with Crippen LogP contribution in [0.4, 0.5) is 5.69 Å². The van der Waals surface area contributed by atoms with Gasteiger partial charge in [-0.2, -0.15) is 0 Å². The van der Waals surface area contributed by atoms with Crippen molar-refractivity contribution in [2.45, 2.75) is 26.3 Å². The summed E-state index contributed by atoms with van der Waals surface area (Å²) in [5, 5.41) is 4.18. The van der Waals surface area contributed by atoms with E-state index in [0.29, 0.717) is 0 Å². The van der Waals surface area contributed by atoms with Crippen molar-refractivity contribution in [2.24, 2.45) is 0 Å². The number of thiocarbonyl (C=S) groups is 1. The summed E-state index contributed by atoms with van der Waals surface area (Å²) in [7, 11) is 4.21. The Balaban J connectivity index is 2.02. The summed E-state index contributed by atoms with van der Waals surface area (Å²) < 4.78 is 0. The van der Waals surface area contributed by atoms with Gasteiger partial charge in [0.25, 0.3) is 0 Å². The van der Waals surface area contributed by atoms with Crippen molar-refractivity contribution in [3.8, 4) is 0 Å². The average Bonchev–Trinajstić information content (AvgIpc) is 2.62. The van der Waals surface area contributed by atoms with E-state index in [1.165, 1.54) is 11.1 Å². The smallest absolute Gasteiger partial charge is 0.173 e. The molecular weight excluding hydrogens is 326 g/mol. The highest BCUT2D eigenvalue weighted by Crippen LogP contribution is 2.13. The van der Waals surface area contributed by atoms with Crippen LogP contribution in [0.25, 0.3) is 0 Å². The van der Waals surface area contributed by atoms with Crippen LogP contribution < -0.4 is 5.32 Å². The summed E-state index contributed by atoms with van der Waals surface area (Å²) in [6.45, 7) is 4.98. The lowest BCUT2D eigenvalue weighted by atomic mass is 10.1. The van der Waals surface area contributed by atoms with Crippen LogP contribution in [0, 0.1) is 0 Å². The summed E-state index contributed by atoms with van der Waals surface area (Å²) in [5.74, 6) is 0. The molecule has 0 unspecified atom stereocenters. The number of nitrogens with zero attached hydrogens (tertiary/aromatic N) is 2. The zero-order valence-corrected chi connectivity index (χ0v) is 16.4. The van der Waals surface area contributed by atoms with Crippen LogP contribution in [-0.2, 0) is 13.0 Å². The van der Waals surface area contributed by atoms with Gasteiger partial charge < -0.3 is 15.1 Å². The van der Waals surface area contributed by atoms with Crippen molar-refractivity contribution in [2.75, 3.05) is 32.5 Å². The standard InChI is InChI=1S/C21H29N3S/c1-4-18-11-13-20(14-12-18)22-21(25)24(16-8-15-23(2)3)17-19-9-6-5-7-10-19/h5-7,9-14H,4,8,15-17H2,1-3H3,(H,22,25). The molecule has 0 aliphatic rings. The average molecular weight is 356 g/mol. The lowest BCUT2D eigenvalue weighted by molar-refractivity contribution is 0.346. The minimum absolute atomic E-state index is 0.784. The topological polar surface area (TPSA) is 18.5 Å². The largest absolute Gasteiger partial charge is 0.345 e. The predicted octanol–water partition coefficient (Wildman–Crippen LogP) is 4.40. The maximum absolute atomic E-state index is 5.70. The van der Waals surface area contributed by atoms with Crippen LogP contribution >= 0.6 is 12.2 Å². The molecule has 2 rings (SSSR count). The molecule has 0 heterocycles. The molecule has 0 aliphatic carbocycles. The lowest BCUT2D eigenvalue weighted by Crippen LogP contribution is -2.36. The normalized spacial score (nSPS) is 10.7. The molecule has 0 fully saturated rings. The van der Waals surface area contributed by atoms with Crippen molar-refractivity contribution in [3.05, 3.63) is 65.7 Å². The molecule has 134 valence electrons. The Kier molecular flexibility index (Phi) is 7.89. The fourth-order valence-electron chi connectivity index (χ4n) is 2.66. The van der Waals surface area contributed by atoms with Crippen LogP contribution in [0.5, 0.6) is 0 Å². The fraction of sp³-hybridized carbons (Fsp3) is 0.381. The molecule has 0 aromatic heterocycles. The Bertz CT molecular complexity index is 638. The second-order valence-electron chi connectivity index (χ2n) is 6.54. The van der Waals surface area contributed by atoms with Gasteiger partial charge in [-0.25, -0.2) is 0 Å². The summed E-state index contributed by atoms with van der Waals surface area (Å²) in [6, 6.07) is 19.0. The molecular formula is C21H29N3S. The summed E-state index contributed by atoms with van der Waals surface area (Å²) in [6.07, 6.45) is 2.13. The Morgan fingerprint density at radius 3 is 2.20 bits per heavy atom. The van der Waals surface area contributed by atoms with E-state index in [-0.39, 0.29) is 0 Å². The Hall–Kier alpha value is -1.91. The Morgan fingerprint density at radius 1 is 0.920 bits per heavy atom. The van der Waals surface area contributed by atoms with Crippen molar-refractivity contribution >= 4 is 23.0 Å².